The lowest BCUT2D eigenvalue weighted by Crippen LogP contribution is -2.49. The van der Waals surface area contributed by atoms with Gasteiger partial charge in [0.15, 0.2) is 0 Å². The summed E-state index contributed by atoms with van der Waals surface area (Å²) < 4.78 is 28.5. The molecule has 7 heteroatoms. The summed E-state index contributed by atoms with van der Waals surface area (Å²) in [4.78, 5) is 0. The second-order valence-electron chi connectivity index (χ2n) is 5.39. The van der Waals surface area contributed by atoms with Crippen molar-refractivity contribution in [3.63, 3.8) is 0 Å². The Morgan fingerprint density at radius 1 is 1.50 bits per heavy atom. The first-order valence-electron chi connectivity index (χ1n) is 6.30. The van der Waals surface area contributed by atoms with Crippen molar-refractivity contribution in [2.24, 2.45) is 11.7 Å². The van der Waals surface area contributed by atoms with E-state index in [1.54, 1.807) is 11.8 Å². The van der Waals surface area contributed by atoms with Gasteiger partial charge in [-0.3, -0.25) is 0 Å². The lowest BCUT2D eigenvalue weighted by atomic mass is 10.0. The van der Waals surface area contributed by atoms with Crippen LogP contribution in [0.25, 0.3) is 0 Å². The minimum atomic E-state index is -3.36. The highest BCUT2D eigenvalue weighted by atomic mass is 32.2. The Morgan fingerprint density at radius 3 is 2.72 bits per heavy atom. The second kappa shape index (κ2) is 6.56. The van der Waals surface area contributed by atoms with Crippen LogP contribution in [0, 0.1) is 5.92 Å². The lowest BCUT2D eigenvalue weighted by molar-refractivity contribution is 0.268. The van der Waals surface area contributed by atoms with Gasteiger partial charge in [0.2, 0.25) is 0 Å². The molecule has 1 saturated heterocycles. The first-order chi connectivity index (χ1) is 8.30. The number of piperidine rings is 1. The number of nitrogens with one attached hydrogen (secondary N) is 1. The highest BCUT2D eigenvalue weighted by Crippen LogP contribution is 2.21. The number of nitrogens with two attached hydrogens (primary N) is 1. The van der Waals surface area contributed by atoms with Gasteiger partial charge in [0.05, 0.1) is 0 Å². The van der Waals surface area contributed by atoms with Crippen LogP contribution in [-0.4, -0.2) is 49.9 Å². The third kappa shape index (κ3) is 4.70. The average molecular weight is 295 g/mol. The van der Waals surface area contributed by atoms with Gasteiger partial charge >= 0.3 is 0 Å². The van der Waals surface area contributed by atoms with Crippen LogP contribution < -0.4 is 10.5 Å². The van der Waals surface area contributed by atoms with Gasteiger partial charge in [-0.15, -0.1) is 0 Å². The van der Waals surface area contributed by atoms with Gasteiger partial charge in [-0.2, -0.15) is 24.5 Å². The third-order valence-corrected chi connectivity index (χ3v) is 6.16. The zero-order valence-electron chi connectivity index (χ0n) is 11.5. The van der Waals surface area contributed by atoms with Crippen molar-refractivity contribution in [2.75, 3.05) is 32.4 Å². The molecule has 1 rings (SSSR count). The molecule has 1 atom stereocenters. The van der Waals surface area contributed by atoms with Crippen LogP contribution in [0.3, 0.4) is 0 Å². The molecule has 0 aliphatic carbocycles. The van der Waals surface area contributed by atoms with E-state index >= 15 is 0 Å². The molecule has 0 amide bonds. The molecule has 0 radical (unpaired) electrons. The van der Waals surface area contributed by atoms with Gasteiger partial charge in [0.1, 0.15) is 0 Å². The summed E-state index contributed by atoms with van der Waals surface area (Å²) in [5.74, 6) is 0.295. The number of hydrogen-bond donors (Lipinski definition) is 2. The van der Waals surface area contributed by atoms with Crippen molar-refractivity contribution in [3.8, 4) is 0 Å². The monoisotopic (exact) mass is 295 g/mol. The van der Waals surface area contributed by atoms with E-state index < -0.39 is 10.2 Å². The van der Waals surface area contributed by atoms with Crippen molar-refractivity contribution in [3.05, 3.63) is 0 Å². The Hall–Kier alpha value is 0.180. The van der Waals surface area contributed by atoms with Crippen LogP contribution in [-0.2, 0) is 10.2 Å². The van der Waals surface area contributed by atoms with Crippen LogP contribution in [0.2, 0.25) is 0 Å². The quantitative estimate of drug-likeness (QED) is 0.754. The third-order valence-electron chi connectivity index (χ3n) is 3.39. The van der Waals surface area contributed by atoms with E-state index in [4.69, 9.17) is 5.73 Å². The molecule has 3 N–H and O–H groups in total. The SMILES string of the molecule is CSC(C)(C)CNS(=O)(=O)N1CCCC(CN)C1. The van der Waals surface area contributed by atoms with Gasteiger partial charge < -0.3 is 5.73 Å². The zero-order chi connectivity index (χ0) is 13.8. The molecule has 1 aliphatic rings. The van der Waals surface area contributed by atoms with Crippen LogP contribution in [0.15, 0.2) is 0 Å². The normalized spacial score (nSPS) is 23.2. The molecule has 1 unspecified atom stereocenters. The number of hydrogen-bond acceptors (Lipinski definition) is 4. The molecular formula is C11H25N3O2S2. The molecule has 0 saturated carbocycles. The van der Waals surface area contributed by atoms with Crippen LogP contribution >= 0.6 is 11.8 Å². The summed E-state index contributed by atoms with van der Waals surface area (Å²) in [6, 6.07) is 0. The molecule has 0 bridgehead atoms. The Labute approximate surface area is 115 Å². The van der Waals surface area contributed by atoms with E-state index in [-0.39, 0.29) is 4.75 Å². The minimum absolute atomic E-state index is 0.0872. The van der Waals surface area contributed by atoms with E-state index in [2.05, 4.69) is 4.72 Å². The molecule has 0 aromatic carbocycles. The summed E-state index contributed by atoms with van der Waals surface area (Å²) in [6.07, 6.45) is 3.91. The van der Waals surface area contributed by atoms with Crippen LogP contribution in [0.4, 0.5) is 0 Å². The van der Waals surface area contributed by atoms with Gasteiger partial charge in [-0.05, 0) is 45.4 Å². The number of rotatable bonds is 6. The van der Waals surface area contributed by atoms with Crippen molar-refractivity contribution < 1.29 is 8.42 Å². The maximum atomic E-state index is 12.2. The zero-order valence-corrected chi connectivity index (χ0v) is 13.1. The van der Waals surface area contributed by atoms with E-state index in [1.165, 1.54) is 4.31 Å². The predicted molar refractivity (Wildman–Crippen MR) is 77.9 cm³/mol. The van der Waals surface area contributed by atoms with Crippen molar-refractivity contribution in [1.82, 2.24) is 9.03 Å². The summed E-state index contributed by atoms with van der Waals surface area (Å²) in [5, 5.41) is 0. The van der Waals surface area contributed by atoms with Crippen LogP contribution in [0.5, 0.6) is 0 Å². The first kappa shape index (κ1) is 16.2. The Kier molecular flexibility index (Phi) is 5.92. The molecule has 0 aromatic rings. The molecule has 1 heterocycles. The van der Waals surface area contributed by atoms with E-state index in [1.807, 2.05) is 20.1 Å². The molecule has 0 aromatic heterocycles. The maximum absolute atomic E-state index is 12.2. The fourth-order valence-corrected chi connectivity index (χ4v) is 3.68. The molecule has 1 aliphatic heterocycles. The Balaban J connectivity index is 2.58. The largest absolute Gasteiger partial charge is 0.330 e. The van der Waals surface area contributed by atoms with Crippen molar-refractivity contribution in [1.29, 1.82) is 0 Å². The predicted octanol–water partition coefficient (Wildman–Crippen LogP) is 0.633. The van der Waals surface area contributed by atoms with Gasteiger partial charge in [-0.25, -0.2) is 4.72 Å². The summed E-state index contributed by atoms with van der Waals surface area (Å²) in [6.45, 7) is 6.21. The lowest BCUT2D eigenvalue weighted by Gasteiger charge is -2.32. The summed E-state index contributed by atoms with van der Waals surface area (Å²) in [7, 11) is -3.36. The fourth-order valence-electron chi connectivity index (χ4n) is 1.87. The molecule has 0 spiro atoms. The fraction of sp³-hybridized carbons (Fsp3) is 1.00. The molecule has 18 heavy (non-hydrogen) atoms. The number of thioether (sulfide) groups is 1. The van der Waals surface area contributed by atoms with E-state index in [9.17, 15) is 8.42 Å². The highest BCUT2D eigenvalue weighted by Gasteiger charge is 2.29. The minimum Gasteiger partial charge on any atom is -0.330 e. The maximum Gasteiger partial charge on any atom is 0.279 e. The van der Waals surface area contributed by atoms with Gasteiger partial charge in [0, 0.05) is 24.4 Å². The summed E-state index contributed by atoms with van der Waals surface area (Å²) >= 11 is 1.65. The van der Waals surface area contributed by atoms with Crippen molar-refractivity contribution in [2.45, 2.75) is 31.4 Å². The molecular weight excluding hydrogens is 270 g/mol. The van der Waals surface area contributed by atoms with E-state index in [0.717, 1.165) is 12.8 Å². The molecule has 1 fully saturated rings. The van der Waals surface area contributed by atoms with Crippen molar-refractivity contribution >= 4 is 22.0 Å². The van der Waals surface area contributed by atoms with Gasteiger partial charge in [0.25, 0.3) is 10.2 Å². The topological polar surface area (TPSA) is 75.4 Å². The first-order valence-corrected chi connectivity index (χ1v) is 8.97. The van der Waals surface area contributed by atoms with E-state index in [0.29, 0.717) is 32.1 Å². The molecule has 108 valence electrons. The Bertz CT molecular complexity index is 357. The highest BCUT2D eigenvalue weighted by molar-refractivity contribution is 8.00. The Morgan fingerprint density at radius 2 is 2.17 bits per heavy atom. The van der Waals surface area contributed by atoms with Crippen LogP contribution in [0.1, 0.15) is 26.7 Å². The molecule has 5 nitrogen and oxygen atoms in total. The van der Waals surface area contributed by atoms with Gasteiger partial charge in [-0.1, -0.05) is 0 Å². The summed E-state index contributed by atoms with van der Waals surface area (Å²) in [5.41, 5.74) is 5.63. The smallest absolute Gasteiger partial charge is 0.279 e. The average Bonchev–Trinajstić information content (AvgIpc) is 2.37. The standard InChI is InChI=1S/C11H25N3O2S2/c1-11(2,17-3)9-13-18(15,16)14-6-4-5-10(7-12)8-14/h10,13H,4-9,12H2,1-3H3. The number of nitrogens with zero attached hydrogens (tertiary/aromatic N) is 1. The second-order valence-corrected chi connectivity index (χ2v) is 8.66.